The molecule has 0 saturated carbocycles. The first-order chi connectivity index (χ1) is 18.2. The Morgan fingerprint density at radius 2 is 1.61 bits per heavy atom. The van der Waals surface area contributed by atoms with E-state index in [0.29, 0.717) is 33.8 Å². The van der Waals surface area contributed by atoms with Crippen LogP contribution in [-0.2, 0) is 22.6 Å². The molecule has 0 saturated heterocycles. The van der Waals surface area contributed by atoms with Gasteiger partial charge in [-0.05, 0) is 66.8 Å². The number of rotatable bonds is 12. The Morgan fingerprint density at radius 1 is 0.921 bits per heavy atom. The predicted molar refractivity (Wildman–Crippen MR) is 155 cm³/mol. The van der Waals surface area contributed by atoms with Crippen LogP contribution in [0.1, 0.15) is 42.0 Å². The van der Waals surface area contributed by atoms with Gasteiger partial charge in [0, 0.05) is 24.5 Å². The van der Waals surface area contributed by atoms with E-state index in [4.69, 9.17) is 39.5 Å². The standard InChI is InChI=1S/C30H33Cl3N2O3/c1-4-5-13-34-30(37)27(17-22-9-7-6-8-10-22)35(18-23-11-12-25(31)26(32)16-23)28(36)19-38-24-14-20(2)29(33)21(3)15-24/h6-12,14-16,27H,4-5,13,17-19H2,1-3H3,(H,34,37). The van der Waals surface area contributed by atoms with Gasteiger partial charge >= 0.3 is 0 Å². The lowest BCUT2D eigenvalue weighted by atomic mass is 10.0. The molecule has 5 nitrogen and oxygen atoms in total. The number of ether oxygens (including phenoxy) is 1. The molecule has 0 aromatic heterocycles. The van der Waals surface area contributed by atoms with Gasteiger partial charge in [-0.15, -0.1) is 0 Å². The van der Waals surface area contributed by atoms with E-state index in [9.17, 15) is 9.59 Å². The fourth-order valence-corrected chi connectivity index (χ4v) is 4.54. The summed E-state index contributed by atoms with van der Waals surface area (Å²) < 4.78 is 5.90. The number of aryl methyl sites for hydroxylation is 2. The van der Waals surface area contributed by atoms with Crippen molar-refractivity contribution in [2.45, 2.75) is 52.6 Å². The Kier molecular flexibility index (Phi) is 11.3. The third kappa shape index (κ3) is 8.39. The SMILES string of the molecule is CCCCNC(=O)C(Cc1ccccc1)N(Cc1ccc(Cl)c(Cl)c1)C(=O)COc1cc(C)c(Cl)c(C)c1. The number of hydrogen-bond donors (Lipinski definition) is 1. The van der Waals surface area contributed by atoms with Gasteiger partial charge in [0.1, 0.15) is 11.8 Å². The number of carbonyl (C=O) groups excluding carboxylic acids is 2. The Hall–Kier alpha value is -2.73. The zero-order valence-corrected chi connectivity index (χ0v) is 24.2. The summed E-state index contributed by atoms with van der Waals surface area (Å²) in [6.07, 6.45) is 2.15. The van der Waals surface area contributed by atoms with Crippen molar-refractivity contribution in [1.29, 1.82) is 0 Å². The van der Waals surface area contributed by atoms with Crippen molar-refractivity contribution >= 4 is 46.6 Å². The average molecular weight is 576 g/mol. The van der Waals surface area contributed by atoms with Gasteiger partial charge in [-0.1, -0.05) is 84.5 Å². The van der Waals surface area contributed by atoms with Crippen molar-refractivity contribution < 1.29 is 14.3 Å². The van der Waals surface area contributed by atoms with Crippen molar-refractivity contribution in [2.75, 3.05) is 13.2 Å². The highest BCUT2D eigenvalue weighted by Crippen LogP contribution is 2.27. The molecule has 0 bridgehead atoms. The third-order valence-corrected chi connectivity index (χ3v) is 7.55. The summed E-state index contributed by atoms with van der Waals surface area (Å²) in [5, 5.41) is 4.47. The van der Waals surface area contributed by atoms with E-state index in [-0.39, 0.29) is 25.0 Å². The number of nitrogens with one attached hydrogen (secondary N) is 1. The first-order valence-electron chi connectivity index (χ1n) is 12.6. The molecule has 0 aliphatic rings. The molecule has 0 aliphatic carbocycles. The van der Waals surface area contributed by atoms with Gasteiger partial charge in [-0.3, -0.25) is 9.59 Å². The minimum atomic E-state index is -0.756. The first-order valence-corrected chi connectivity index (χ1v) is 13.8. The van der Waals surface area contributed by atoms with Crippen LogP contribution in [-0.4, -0.2) is 35.9 Å². The molecular weight excluding hydrogens is 543 g/mol. The summed E-state index contributed by atoms with van der Waals surface area (Å²) in [7, 11) is 0. The van der Waals surface area contributed by atoms with Crippen LogP contribution in [0.15, 0.2) is 60.7 Å². The summed E-state index contributed by atoms with van der Waals surface area (Å²) in [6.45, 7) is 6.29. The Morgan fingerprint density at radius 3 is 2.24 bits per heavy atom. The first kappa shape index (κ1) is 29.8. The summed E-state index contributed by atoms with van der Waals surface area (Å²) in [4.78, 5) is 28.7. The van der Waals surface area contributed by atoms with Crippen molar-refractivity contribution in [2.24, 2.45) is 0 Å². The smallest absolute Gasteiger partial charge is 0.261 e. The number of halogens is 3. The van der Waals surface area contributed by atoms with Crippen LogP contribution in [0.2, 0.25) is 15.1 Å². The minimum Gasteiger partial charge on any atom is -0.484 e. The molecule has 3 rings (SSSR count). The van der Waals surface area contributed by atoms with Gasteiger partial charge in [-0.2, -0.15) is 0 Å². The molecule has 8 heteroatoms. The van der Waals surface area contributed by atoms with Crippen LogP contribution in [0.25, 0.3) is 0 Å². The van der Waals surface area contributed by atoms with E-state index < -0.39 is 6.04 Å². The molecule has 2 amide bonds. The van der Waals surface area contributed by atoms with Gasteiger partial charge in [0.25, 0.3) is 5.91 Å². The summed E-state index contributed by atoms with van der Waals surface area (Å²) in [6, 6.07) is 17.7. The lowest BCUT2D eigenvalue weighted by Gasteiger charge is -2.31. The predicted octanol–water partition coefficient (Wildman–Crippen LogP) is 7.20. The molecule has 3 aromatic carbocycles. The molecular formula is C30H33Cl3N2O3. The van der Waals surface area contributed by atoms with Crippen LogP contribution >= 0.6 is 34.8 Å². The molecule has 1 N–H and O–H groups in total. The number of amides is 2. The van der Waals surface area contributed by atoms with Crippen molar-refractivity contribution in [3.8, 4) is 5.75 Å². The van der Waals surface area contributed by atoms with Crippen molar-refractivity contribution in [1.82, 2.24) is 10.2 Å². The van der Waals surface area contributed by atoms with E-state index in [1.165, 1.54) is 0 Å². The zero-order chi connectivity index (χ0) is 27.7. The second-order valence-electron chi connectivity index (χ2n) is 9.28. The highest BCUT2D eigenvalue weighted by atomic mass is 35.5. The fraction of sp³-hybridized carbons (Fsp3) is 0.333. The molecule has 0 aliphatic heterocycles. The van der Waals surface area contributed by atoms with Crippen molar-refractivity contribution in [3.63, 3.8) is 0 Å². The van der Waals surface area contributed by atoms with E-state index in [0.717, 1.165) is 35.1 Å². The van der Waals surface area contributed by atoms with Crippen LogP contribution in [0.3, 0.4) is 0 Å². The van der Waals surface area contributed by atoms with Crippen molar-refractivity contribution in [3.05, 3.63) is 98.0 Å². The molecule has 0 heterocycles. The fourth-order valence-electron chi connectivity index (χ4n) is 4.11. The summed E-state index contributed by atoms with van der Waals surface area (Å²) in [5.74, 6) is 0.000964. The second-order valence-corrected chi connectivity index (χ2v) is 10.5. The Labute approximate surface area is 240 Å². The highest BCUT2D eigenvalue weighted by Gasteiger charge is 2.30. The molecule has 3 aromatic rings. The molecule has 202 valence electrons. The number of unbranched alkanes of at least 4 members (excludes halogenated alkanes) is 1. The Bertz CT molecular complexity index is 1230. The normalized spacial score (nSPS) is 11.6. The summed E-state index contributed by atoms with van der Waals surface area (Å²) in [5.41, 5.74) is 3.42. The van der Waals surface area contributed by atoms with E-state index in [2.05, 4.69) is 12.2 Å². The maximum Gasteiger partial charge on any atom is 0.261 e. The van der Waals surface area contributed by atoms with Gasteiger partial charge in [0.2, 0.25) is 5.91 Å². The van der Waals surface area contributed by atoms with E-state index in [1.54, 1.807) is 35.2 Å². The molecule has 1 atom stereocenters. The molecule has 1 unspecified atom stereocenters. The van der Waals surface area contributed by atoms with E-state index in [1.807, 2.05) is 44.2 Å². The highest BCUT2D eigenvalue weighted by molar-refractivity contribution is 6.42. The van der Waals surface area contributed by atoms with Crippen LogP contribution in [0, 0.1) is 13.8 Å². The summed E-state index contributed by atoms with van der Waals surface area (Å²) >= 11 is 18.7. The number of hydrogen-bond acceptors (Lipinski definition) is 3. The monoisotopic (exact) mass is 574 g/mol. The van der Waals surface area contributed by atoms with Crippen LogP contribution in [0.5, 0.6) is 5.75 Å². The zero-order valence-electron chi connectivity index (χ0n) is 21.9. The maximum absolute atomic E-state index is 13.7. The lowest BCUT2D eigenvalue weighted by molar-refractivity contribution is -0.142. The molecule has 0 radical (unpaired) electrons. The topological polar surface area (TPSA) is 58.6 Å². The van der Waals surface area contributed by atoms with Gasteiger partial charge in [0.15, 0.2) is 6.61 Å². The van der Waals surface area contributed by atoms with Gasteiger partial charge in [-0.25, -0.2) is 0 Å². The minimum absolute atomic E-state index is 0.163. The van der Waals surface area contributed by atoms with E-state index >= 15 is 0 Å². The molecule has 0 fully saturated rings. The number of benzene rings is 3. The quantitative estimate of drug-likeness (QED) is 0.232. The van der Waals surface area contributed by atoms with Crippen LogP contribution < -0.4 is 10.1 Å². The molecule has 0 spiro atoms. The van der Waals surface area contributed by atoms with Crippen LogP contribution in [0.4, 0.5) is 0 Å². The molecule has 38 heavy (non-hydrogen) atoms. The second kappa shape index (κ2) is 14.4. The lowest BCUT2D eigenvalue weighted by Crippen LogP contribution is -2.51. The Balaban J connectivity index is 1.92. The number of carbonyl (C=O) groups is 2. The third-order valence-electron chi connectivity index (χ3n) is 6.21. The average Bonchev–Trinajstić information content (AvgIpc) is 2.90. The maximum atomic E-state index is 13.7. The number of nitrogens with zero attached hydrogens (tertiary/aromatic N) is 1. The van der Waals surface area contributed by atoms with Gasteiger partial charge in [0.05, 0.1) is 10.0 Å². The largest absolute Gasteiger partial charge is 0.484 e. The van der Waals surface area contributed by atoms with Gasteiger partial charge < -0.3 is 15.0 Å².